The quantitative estimate of drug-likeness (QED) is 0.684. The lowest BCUT2D eigenvalue weighted by atomic mass is 9.97. The lowest BCUT2D eigenvalue weighted by Gasteiger charge is -2.34. The van der Waals surface area contributed by atoms with Gasteiger partial charge in [-0.05, 0) is 25.8 Å². The first kappa shape index (κ1) is 12.3. The van der Waals surface area contributed by atoms with Gasteiger partial charge in [0.25, 0.3) is 0 Å². The average Bonchev–Trinajstić information content (AvgIpc) is 2.58. The third-order valence-corrected chi connectivity index (χ3v) is 3.74. The molecule has 2 aliphatic rings. The first-order valence-corrected chi connectivity index (χ1v) is 6.46. The molecule has 94 valence electrons. The van der Waals surface area contributed by atoms with Crippen LogP contribution in [0, 0.1) is 0 Å². The molecular weight excluding hydrogens is 206 g/mol. The molecule has 2 N–H and O–H groups in total. The van der Waals surface area contributed by atoms with Crippen molar-refractivity contribution in [2.45, 2.75) is 57.0 Å². The topological polar surface area (TPSA) is 52.9 Å². The monoisotopic (exact) mass is 229 g/mol. The number of rotatable bonds is 4. The zero-order valence-corrected chi connectivity index (χ0v) is 10.0. The minimum atomic E-state index is -0.521. The third kappa shape index (κ3) is 2.40. The van der Waals surface area contributed by atoms with Gasteiger partial charge in [0.2, 0.25) is 0 Å². The van der Waals surface area contributed by atoms with E-state index in [0.29, 0.717) is 0 Å². The largest absolute Gasteiger partial charge is 0.391 e. The van der Waals surface area contributed by atoms with Gasteiger partial charge >= 0.3 is 0 Å². The summed E-state index contributed by atoms with van der Waals surface area (Å²) in [6.45, 7) is 4.59. The van der Waals surface area contributed by atoms with Gasteiger partial charge in [-0.2, -0.15) is 0 Å². The zero-order chi connectivity index (χ0) is 11.5. The molecule has 0 radical (unpaired) electrons. The Hall–Kier alpha value is -0.160. The normalized spacial score (nSPS) is 39.9. The molecule has 0 aromatic carbocycles. The Labute approximate surface area is 97.2 Å². The van der Waals surface area contributed by atoms with Crippen LogP contribution in [0.3, 0.4) is 0 Å². The van der Waals surface area contributed by atoms with Crippen molar-refractivity contribution in [2.75, 3.05) is 19.7 Å². The molecule has 0 aliphatic carbocycles. The number of hydrogen-bond acceptors (Lipinski definition) is 4. The van der Waals surface area contributed by atoms with E-state index in [0.717, 1.165) is 45.4 Å². The number of hydrogen-bond donors (Lipinski definition) is 2. The number of nitrogens with zero attached hydrogens (tertiary/aromatic N) is 1. The molecule has 2 heterocycles. The standard InChI is InChI=1S/C12H23NO3/c1-2-3-7-16-10-8-13-6-4-5-9(14)11(13)12(10)15/h9-12,14-15H,2-8H2,1H3/t9?,10-,11?,12-/m1/s1. The Bertz CT molecular complexity index is 224. The summed E-state index contributed by atoms with van der Waals surface area (Å²) in [5.74, 6) is 0. The number of aliphatic hydroxyl groups is 2. The molecular formula is C12H23NO3. The molecule has 16 heavy (non-hydrogen) atoms. The van der Waals surface area contributed by atoms with Gasteiger partial charge in [-0.15, -0.1) is 0 Å². The van der Waals surface area contributed by atoms with Gasteiger partial charge in [0.05, 0.1) is 24.4 Å². The molecule has 2 fully saturated rings. The second-order valence-corrected chi connectivity index (χ2v) is 4.95. The summed E-state index contributed by atoms with van der Waals surface area (Å²) in [4.78, 5) is 2.18. The van der Waals surface area contributed by atoms with Crippen LogP contribution in [-0.2, 0) is 4.74 Å². The Morgan fingerprint density at radius 3 is 2.88 bits per heavy atom. The van der Waals surface area contributed by atoms with Crippen molar-refractivity contribution in [2.24, 2.45) is 0 Å². The third-order valence-electron chi connectivity index (χ3n) is 3.74. The molecule has 4 nitrogen and oxygen atoms in total. The molecule has 0 amide bonds. The molecule has 2 rings (SSSR count). The second kappa shape index (κ2) is 5.45. The lowest BCUT2D eigenvalue weighted by molar-refractivity contribution is -0.0470. The summed E-state index contributed by atoms with van der Waals surface area (Å²) in [5.41, 5.74) is 0. The summed E-state index contributed by atoms with van der Waals surface area (Å²) >= 11 is 0. The van der Waals surface area contributed by atoms with Crippen LogP contribution >= 0.6 is 0 Å². The van der Waals surface area contributed by atoms with Crippen molar-refractivity contribution in [1.82, 2.24) is 4.90 Å². The fourth-order valence-corrected chi connectivity index (χ4v) is 2.81. The van der Waals surface area contributed by atoms with E-state index < -0.39 is 6.10 Å². The Morgan fingerprint density at radius 2 is 2.19 bits per heavy atom. The minimum absolute atomic E-state index is 0.0969. The zero-order valence-electron chi connectivity index (χ0n) is 10.0. The van der Waals surface area contributed by atoms with Gasteiger partial charge < -0.3 is 14.9 Å². The molecule has 4 heteroatoms. The van der Waals surface area contributed by atoms with E-state index in [4.69, 9.17) is 4.74 Å². The molecule has 0 bridgehead atoms. The van der Waals surface area contributed by atoms with Crippen LogP contribution in [0.4, 0.5) is 0 Å². The Balaban J connectivity index is 1.88. The van der Waals surface area contributed by atoms with Crippen molar-refractivity contribution in [1.29, 1.82) is 0 Å². The summed E-state index contributed by atoms with van der Waals surface area (Å²) in [6.07, 6.45) is 2.96. The predicted octanol–water partition coefficient (Wildman–Crippen LogP) is 0.371. The van der Waals surface area contributed by atoms with Crippen LogP contribution in [0.25, 0.3) is 0 Å². The van der Waals surface area contributed by atoms with E-state index in [1.54, 1.807) is 0 Å². The van der Waals surface area contributed by atoms with Gasteiger partial charge in [-0.3, -0.25) is 4.90 Å². The highest BCUT2D eigenvalue weighted by Crippen LogP contribution is 2.29. The van der Waals surface area contributed by atoms with Gasteiger partial charge in [0.1, 0.15) is 0 Å². The van der Waals surface area contributed by atoms with Crippen LogP contribution in [0.5, 0.6) is 0 Å². The van der Waals surface area contributed by atoms with Crippen molar-refractivity contribution < 1.29 is 14.9 Å². The van der Waals surface area contributed by atoms with Crippen molar-refractivity contribution >= 4 is 0 Å². The van der Waals surface area contributed by atoms with Crippen molar-refractivity contribution in [3.8, 4) is 0 Å². The Kier molecular flexibility index (Phi) is 4.19. The maximum Gasteiger partial charge on any atom is 0.0994 e. The van der Waals surface area contributed by atoms with Crippen LogP contribution in [-0.4, -0.2) is 59.2 Å². The van der Waals surface area contributed by atoms with Crippen LogP contribution in [0.1, 0.15) is 32.6 Å². The highest BCUT2D eigenvalue weighted by Gasteiger charge is 2.46. The smallest absolute Gasteiger partial charge is 0.0994 e. The summed E-state index contributed by atoms with van der Waals surface area (Å²) in [7, 11) is 0. The highest BCUT2D eigenvalue weighted by atomic mass is 16.5. The Morgan fingerprint density at radius 1 is 1.38 bits per heavy atom. The van der Waals surface area contributed by atoms with Crippen molar-refractivity contribution in [3.63, 3.8) is 0 Å². The summed E-state index contributed by atoms with van der Waals surface area (Å²) in [5, 5.41) is 20.0. The van der Waals surface area contributed by atoms with Gasteiger partial charge in [0, 0.05) is 13.2 Å². The van der Waals surface area contributed by atoms with Gasteiger partial charge in [-0.1, -0.05) is 13.3 Å². The first-order valence-electron chi connectivity index (χ1n) is 6.46. The average molecular weight is 229 g/mol. The highest BCUT2D eigenvalue weighted by molar-refractivity contribution is 5.00. The van der Waals surface area contributed by atoms with Crippen molar-refractivity contribution in [3.05, 3.63) is 0 Å². The van der Waals surface area contributed by atoms with Gasteiger partial charge in [-0.25, -0.2) is 0 Å². The molecule has 0 saturated carbocycles. The minimum Gasteiger partial charge on any atom is -0.391 e. The molecule has 4 atom stereocenters. The number of aliphatic hydroxyl groups excluding tert-OH is 2. The lowest BCUT2D eigenvalue weighted by Crippen LogP contribution is -2.49. The number of unbranched alkanes of at least 4 members (excludes halogenated alkanes) is 1. The summed E-state index contributed by atoms with van der Waals surface area (Å²) in [6, 6.07) is -0.0969. The SMILES string of the molecule is CCCCO[C@@H]1CN2CCCC(O)C2[C@@H]1O. The maximum atomic E-state index is 10.1. The first-order chi connectivity index (χ1) is 7.74. The van der Waals surface area contributed by atoms with Crippen LogP contribution in [0.15, 0.2) is 0 Å². The molecule has 0 aromatic heterocycles. The van der Waals surface area contributed by atoms with E-state index in [1.165, 1.54) is 0 Å². The van der Waals surface area contributed by atoms with E-state index in [2.05, 4.69) is 11.8 Å². The van der Waals surface area contributed by atoms with E-state index >= 15 is 0 Å². The number of fused-ring (bicyclic) bond motifs is 1. The second-order valence-electron chi connectivity index (χ2n) is 4.95. The molecule has 2 saturated heterocycles. The van der Waals surface area contributed by atoms with Crippen LogP contribution < -0.4 is 0 Å². The number of piperidine rings is 1. The van der Waals surface area contributed by atoms with Crippen LogP contribution in [0.2, 0.25) is 0 Å². The molecule has 0 aromatic rings. The van der Waals surface area contributed by atoms with E-state index in [9.17, 15) is 10.2 Å². The van der Waals surface area contributed by atoms with E-state index in [1.807, 2.05) is 0 Å². The van der Waals surface area contributed by atoms with Gasteiger partial charge in [0.15, 0.2) is 0 Å². The summed E-state index contributed by atoms with van der Waals surface area (Å²) < 4.78 is 5.69. The number of ether oxygens (including phenoxy) is 1. The maximum absolute atomic E-state index is 10.1. The molecule has 0 spiro atoms. The van der Waals surface area contributed by atoms with E-state index in [-0.39, 0.29) is 18.2 Å². The molecule has 2 unspecified atom stereocenters. The predicted molar refractivity (Wildman–Crippen MR) is 61.3 cm³/mol. The fourth-order valence-electron chi connectivity index (χ4n) is 2.81. The molecule has 2 aliphatic heterocycles. The fraction of sp³-hybridized carbons (Fsp3) is 1.00.